The molecule has 31 nitrogen and oxygen atoms in total. The topological polar surface area (TPSA) is 415 Å². The van der Waals surface area contributed by atoms with Crippen molar-refractivity contribution in [1.29, 1.82) is 0 Å². The molecule has 0 unspecified atom stereocenters. The van der Waals surface area contributed by atoms with Crippen LogP contribution in [0.2, 0.25) is 0 Å². The minimum absolute atomic E-state index is 0.0652. The molecular weight excluding hydrogens is 1710 g/mol. The molecule has 13 N–H and O–H groups in total. The summed E-state index contributed by atoms with van der Waals surface area (Å²) in [4.78, 5) is 49.8. The Morgan fingerprint density at radius 2 is 0.835 bits per heavy atom. The standard InChI is InChI=1S/C62H107N3O13.C40H77N3O12/c1-15-17-18-19-20-21-22-23-24-25-26-27-28-29-30-31-32-33-34-36-51(66)63-37-35-38-65-42-43(3)40-60(9,71)57(78-59-53(67)49(64(12)13)39-44(4)74-59)45(5)54(77-52-41-61(10,73-14)56(69)48(8)75-52)46(6)58(70)76-50(16-2)62(11,72)55(68)47(65)7;1-14-29-40(10,49)33(45)26(6)43(17-15-16-41)21-22(2)19-38(8,48)35(55-37-31(44)28(42(11)12)18-23(3)51-37)24(4)32(25(5)36(47)53-29)54-30-20-39(9,50-13)34(46)27(7)52-30/h17-18,20-21,23-24,26-27,29-30,32-33,43-50,52-57,59,67-69,71-72H,15-16,19,22,25,28,31,34-42H2,1-14H3,(H,63,66);22-35,37,44-46,48-49H,14-21,41H2,1-13H3/b18-17-,21-20-,24-23-,27-26-,30-29-,33-32-;/t43-,44-,45+,46-,47-,48+,49+,50-,52+,53-,54+,55-,56+,57-,59+,60-,61-,62-;22-,23-,24+,25-,26-,27+,28+,29-,30+,31-,32+,33-,34+,35-,37+,38-,39-,40-/m11/s1. The summed E-state index contributed by atoms with van der Waals surface area (Å²) in [5.41, 5.74) is -3.15. The summed E-state index contributed by atoms with van der Waals surface area (Å²) in [5, 5.41) is 122. The molecule has 31 heteroatoms. The first-order valence-corrected chi connectivity index (χ1v) is 49.7. The van der Waals surface area contributed by atoms with Gasteiger partial charge in [-0.05, 0) is 246 Å². The number of amides is 1. The largest absolute Gasteiger partial charge is 0.459 e. The molecule has 0 aromatic heterocycles. The van der Waals surface area contributed by atoms with Gasteiger partial charge >= 0.3 is 11.9 Å². The smallest absolute Gasteiger partial charge is 0.311 e. The number of nitrogens with one attached hydrogen (secondary N) is 1. The maximum absolute atomic E-state index is 14.6. The number of likely N-dealkylation sites (N-methyl/N-ethyl adjacent to an activating group) is 2. The number of methoxy groups -OCH3 is 2. The molecule has 0 spiro atoms. The number of rotatable bonds is 35. The Balaban J connectivity index is 0.000000499. The first-order valence-electron chi connectivity index (χ1n) is 49.7. The van der Waals surface area contributed by atoms with Crippen LogP contribution in [0.3, 0.4) is 0 Å². The van der Waals surface area contributed by atoms with Crippen molar-refractivity contribution < 1.29 is 122 Å². The lowest BCUT2D eigenvalue weighted by molar-refractivity contribution is -0.318. The first-order chi connectivity index (χ1) is 62.3. The van der Waals surface area contributed by atoms with Crippen LogP contribution in [0.5, 0.6) is 0 Å². The van der Waals surface area contributed by atoms with Gasteiger partial charge in [0.05, 0.1) is 83.1 Å². The summed E-state index contributed by atoms with van der Waals surface area (Å²) in [5.74, 6) is -5.58. The highest BCUT2D eigenvalue weighted by molar-refractivity contribution is 5.76. The summed E-state index contributed by atoms with van der Waals surface area (Å²) in [7, 11) is 10.6. The van der Waals surface area contributed by atoms with Crippen molar-refractivity contribution in [2.75, 3.05) is 81.7 Å². The van der Waals surface area contributed by atoms with E-state index in [2.05, 4.69) is 84.0 Å². The van der Waals surface area contributed by atoms with E-state index < -0.39 is 192 Å². The van der Waals surface area contributed by atoms with Crippen LogP contribution in [0.1, 0.15) is 261 Å². The molecule has 133 heavy (non-hydrogen) atoms. The molecule has 6 saturated heterocycles. The van der Waals surface area contributed by atoms with Crippen molar-refractivity contribution in [1.82, 2.24) is 24.9 Å². The lowest BCUT2D eigenvalue weighted by atomic mass is 9.77. The molecule has 1 amide bonds. The predicted octanol–water partition coefficient (Wildman–Crippen LogP) is 9.87. The van der Waals surface area contributed by atoms with Crippen LogP contribution in [0.15, 0.2) is 72.9 Å². The lowest BCUT2D eigenvalue weighted by Gasteiger charge is -2.48. The van der Waals surface area contributed by atoms with Crippen LogP contribution in [-0.2, 0) is 71.2 Å². The van der Waals surface area contributed by atoms with E-state index >= 15 is 0 Å². The fourth-order valence-corrected chi connectivity index (χ4v) is 20.5. The summed E-state index contributed by atoms with van der Waals surface area (Å²) in [6.07, 6.45) is 16.2. The molecule has 0 saturated carbocycles. The van der Waals surface area contributed by atoms with Gasteiger partial charge in [0.2, 0.25) is 5.91 Å². The molecule has 6 fully saturated rings. The molecule has 0 aromatic carbocycles. The molecule has 6 heterocycles. The van der Waals surface area contributed by atoms with Gasteiger partial charge in [0.25, 0.3) is 0 Å². The van der Waals surface area contributed by atoms with E-state index in [9.17, 15) is 65.4 Å². The number of nitrogens with two attached hydrogens (primary N) is 1. The number of carbonyl (C=O) groups is 3. The SMILES string of the molecule is CC/C=C\C/C=C\C/C=C\C/C=C\C/C=C\C/C=C\CCC(=O)NCCCN1C[C@H](C)C[C@@](C)(O)[C@H](O[C@@H]2O[C@H](C)C[C@H](N(C)C)[C@H]2O)[C@@H](C)[C@H](O[C@H]2C[C@@](C)(OC)[C@@H](O)[C@H](C)O2)[C@@H](C)C(=O)O[C@H](CC)[C@@](C)(O)[C@H](O)[C@H]1C.CC[C@H]1OC(=O)[C@H](C)[C@@H](O[C@H]2C[C@@](C)(OC)[C@@H](O)[C@H](C)O2)[C@H](C)[C@@H](O[C@@H]2O[C@H](C)C[C@H](N(C)C)[C@H]2O)[C@](C)(O)C[C@@H](C)CN(CCCN)[C@H](C)[C@@H](O)[C@]1(C)O. The number of aliphatic hydroxyl groups excluding tert-OH is 6. The highest BCUT2D eigenvalue weighted by Gasteiger charge is 2.57. The lowest BCUT2D eigenvalue weighted by Crippen LogP contribution is -2.60. The van der Waals surface area contributed by atoms with Gasteiger partial charge in [-0.2, -0.15) is 0 Å². The van der Waals surface area contributed by atoms with E-state index in [1.165, 1.54) is 28.1 Å². The molecule has 0 aliphatic carbocycles. The second-order valence-corrected chi connectivity index (χ2v) is 41.2. The second-order valence-electron chi connectivity index (χ2n) is 41.2. The fourth-order valence-electron chi connectivity index (χ4n) is 20.5. The van der Waals surface area contributed by atoms with Crippen LogP contribution >= 0.6 is 0 Å². The number of hydrogen-bond donors (Lipinski definition) is 12. The van der Waals surface area contributed by atoms with E-state index in [4.69, 9.17) is 62.6 Å². The Labute approximate surface area is 798 Å². The molecular formula is C102H184N6O25. The van der Waals surface area contributed by atoms with E-state index in [0.29, 0.717) is 77.8 Å². The van der Waals surface area contributed by atoms with Gasteiger partial charge in [-0.25, -0.2) is 0 Å². The number of cyclic esters (lactones) is 2. The zero-order valence-electron chi connectivity index (χ0n) is 86.2. The third-order valence-corrected chi connectivity index (χ3v) is 28.8. The number of aliphatic hydroxyl groups is 10. The maximum atomic E-state index is 14.6. The monoisotopic (exact) mass is 1890 g/mol. The summed E-state index contributed by atoms with van der Waals surface area (Å²) in [6.45, 7) is 40.0. The van der Waals surface area contributed by atoms with Crippen LogP contribution in [0, 0.1) is 35.5 Å². The third kappa shape index (κ3) is 34.6. The number of carbonyl (C=O) groups excluding carboxylic acids is 3. The second kappa shape index (κ2) is 55.9. The van der Waals surface area contributed by atoms with E-state index in [-0.39, 0.29) is 80.6 Å². The van der Waals surface area contributed by atoms with Crippen LogP contribution in [0.25, 0.3) is 0 Å². The average Bonchev–Trinajstić information content (AvgIpc) is 1.74. The molecule has 0 bridgehead atoms. The van der Waals surface area contributed by atoms with Gasteiger partial charge in [0.1, 0.15) is 60.0 Å². The van der Waals surface area contributed by atoms with Gasteiger partial charge in [-0.15, -0.1) is 0 Å². The minimum Gasteiger partial charge on any atom is -0.459 e. The van der Waals surface area contributed by atoms with Crippen molar-refractivity contribution in [2.45, 2.75) is 442 Å². The Hall–Kier alpha value is -4.15. The van der Waals surface area contributed by atoms with Crippen molar-refractivity contribution in [3.8, 4) is 0 Å². The van der Waals surface area contributed by atoms with Gasteiger partial charge < -0.3 is 129 Å². The van der Waals surface area contributed by atoms with E-state index in [1.54, 1.807) is 69.2 Å². The molecule has 6 aliphatic heterocycles. The Kier molecular flexibility index (Phi) is 50.1. The zero-order chi connectivity index (χ0) is 100. The quantitative estimate of drug-likeness (QED) is 0.0159. The van der Waals surface area contributed by atoms with Gasteiger partial charge in [0.15, 0.2) is 25.2 Å². The molecule has 772 valence electrons. The first kappa shape index (κ1) is 119. The predicted molar refractivity (Wildman–Crippen MR) is 515 cm³/mol. The third-order valence-electron chi connectivity index (χ3n) is 28.8. The Morgan fingerprint density at radius 3 is 1.17 bits per heavy atom. The van der Waals surface area contributed by atoms with Crippen LogP contribution in [-0.4, -0.2) is 351 Å². The summed E-state index contributed by atoms with van der Waals surface area (Å²) in [6, 6.07) is -1.84. The summed E-state index contributed by atoms with van der Waals surface area (Å²) < 4.78 is 75.9. The summed E-state index contributed by atoms with van der Waals surface area (Å²) >= 11 is 0. The Morgan fingerprint density at radius 1 is 0.489 bits per heavy atom. The highest BCUT2D eigenvalue weighted by atomic mass is 16.7. The van der Waals surface area contributed by atoms with Crippen LogP contribution in [0.4, 0.5) is 0 Å². The number of esters is 2. The zero-order valence-corrected chi connectivity index (χ0v) is 86.2. The maximum Gasteiger partial charge on any atom is 0.311 e. The number of hydrogen-bond acceptors (Lipinski definition) is 30. The number of allylic oxidation sites excluding steroid dienone is 12. The van der Waals surface area contributed by atoms with Gasteiger partial charge in [0, 0.05) is 95.7 Å². The highest BCUT2D eigenvalue weighted by Crippen LogP contribution is 2.44. The van der Waals surface area contributed by atoms with Crippen molar-refractivity contribution >= 4 is 17.8 Å². The Bertz CT molecular complexity index is 3550. The molecule has 0 aromatic rings. The van der Waals surface area contributed by atoms with E-state index in [0.717, 1.165) is 38.5 Å². The van der Waals surface area contributed by atoms with Crippen molar-refractivity contribution in [3.05, 3.63) is 72.9 Å². The molecule has 36 atom stereocenters. The number of ether oxygens (including phenoxy) is 12. The fraction of sp³-hybridized carbons (Fsp3) is 0.853. The van der Waals surface area contributed by atoms with Gasteiger partial charge in [-0.1, -0.05) is 121 Å². The minimum atomic E-state index is -1.91. The van der Waals surface area contributed by atoms with E-state index in [1.807, 2.05) is 104 Å². The molecule has 6 aliphatic rings. The van der Waals surface area contributed by atoms with Gasteiger partial charge in [-0.3, -0.25) is 24.2 Å². The molecule has 6 rings (SSSR count). The van der Waals surface area contributed by atoms with Crippen molar-refractivity contribution in [3.63, 3.8) is 0 Å². The van der Waals surface area contributed by atoms with Crippen LogP contribution < -0.4 is 11.1 Å². The average molecular weight is 1890 g/mol. The number of nitrogens with zero attached hydrogens (tertiary/aromatic N) is 4. The molecule has 0 radical (unpaired) electrons. The normalized spacial score (nSPS) is 41.7. The van der Waals surface area contributed by atoms with Crippen molar-refractivity contribution in [2.24, 2.45) is 41.2 Å².